The molecule has 1 amide bonds. The lowest BCUT2D eigenvalue weighted by atomic mass is 10.0. The fourth-order valence-corrected chi connectivity index (χ4v) is 2.28. The molecule has 5 heteroatoms. The average molecular weight is 328 g/mol. The second kappa shape index (κ2) is 8.24. The highest BCUT2D eigenvalue weighted by Crippen LogP contribution is 2.28. The van der Waals surface area contributed by atoms with Gasteiger partial charge in [-0.3, -0.25) is 4.79 Å². The normalized spacial score (nSPS) is 10.4. The van der Waals surface area contributed by atoms with Gasteiger partial charge in [-0.25, -0.2) is 0 Å². The highest BCUT2D eigenvalue weighted by Gasteiger charge is 2.08. The number of carbonyl (C=O) groups is 1. The molecular formula is C19H24N2O3. The van der Waals surface area contributed by atoms with Crippen molar-refractivity contribution in [2.45, 2.75) is 19.8 Å². The van der Waals surface area contributed by atoms with Crippen molar-refractivity contribution in [1.82, 2.24) is 0 Å². The van der Waals surface area contributed by atoms with E-state index in [-0.39, 0.29) is 12.5 Å². The van der Waals surface area contributed by atoms with E-state index in [0.717, 1.165) is 5.69 Å². The van der Waals surface area contributed by atoms with Gasteiger partial charge in [-0.15, -0.1) is 0 Å². The number of rotatable bonds is 7. The van der Waals surface area contributed by atoms with Crippen LogP contribution in [-0.4, -0.2) is 26.7 Å². The van der Waals surface area contributed by atoms with Crippen LogP contribution in [0.2, 0.25) is 0 Å². The SMILES string of the molecule is COc1ccc(OC)c(NCC(=O)Nc2ccc(C(C)C)cc2)c1. The van der Waals surface area contributed by atoms with Gasteiger partial charge in [-0.2, -0.15) is 0 Å². The van der Waals surface area contributed by atoms with Crippen molar-refractivity contribution < 1.29 is 14.3 Å². The molecule has 128 valence electrons. The first-order valence-electron chi connectivity index (χ1n) is 7.89. The van der Waals surface area contributed by atoms with E-state index in [0.29, 0.717) is 23.1 Å². The van der Waals surface area contributed by atoms with E-state index < -0.39 is 0 Å². The number of carbonyl (C=O) groups excluding carboxylic acids is 1. The smallest absolute Gasteiger partial charge is 0.243 e. The molecule has 0 aliphatic heterocycles. The van der Waals surface area contributed by atoms with Gasteiger partial charge < -0.3 is 20.1 Å². The summed E-state index contributed by atoms with van der Waals surface area (Å²) in [6.07, 6.45) is 0. The lowest BCUT2D eigenvalue weighted by Crippen LogP contribution is -2.22. The van der Waals surface area contributed by atoms with Crippen molar-refractivity contribution in [3.05, 3.63) is 48.0 Å². The second-order valence-electron chi connectivity index (χ2n) is 5.74. The maximum atomic E-state index is 12.1. The lowest BCUT2D eigenvalue weighted by Gasteiger charge is -2.13. The Hall–Kier alpha value is -2.69. The van der Waals surface area contributed by atoms with Crippen molar-refractivity contribution in [2.24, 2.45) is 0 Å². The molecule has 0 saturated heterocycles. The number of hydrogen-bond acceptors (Lipinski definition) is 4. The summed E-state index contributed by atoms with van der Waals surface area (Å²) in [5, 5.41) is 5.94. The number of anilines is 2. The van der Waals surface area contributed by atoms with E-state index in [1.54, 1.807) is 32.4 Å². The number of ether oxygens (including phenoxy) is 2. The Morgan fingerprint density at radius 2 is 1.75 bits per heavy atom. The Balaban J connectivity index is 1.95. The van der Waals surface area contributed by atoms with Gasteiger partial charge in [0.2, 0.25) is 5.91 Å². The Bertz CT molecular complexity index is 682. The number of nitrogens with one attached hydrogen (secondary N) is 2. The molecule has 2 aromatic carbocycles. The van der Waals surface area contributed by atoms with Crippen molar-refractivity contribution >= 4 is 17.3 Å². The molecule has 0 saturated carbocycles. The summed E-state index contributed by atoms with van der Waals surface area (Å²) in [7, 11) is 3.18. The standard InChI is InChI=1S/C19H24N2O3/c1-13(2)14-5-7-15(8-6-14)21-19(22)12-20-17-11-16(23-3)9-10-18(17)24-4/h5-11,13,20H,12H2,1-4H3,(H,21,22). The van der Waals surface area contributed by atoms with Crippen LogP contribution in [0.25, 0.3) is 0 Å². The molecule has 2 rings (SSSR count). The van der Waals surface area contributed by atoms with Crippen molar-refractivity contribution in [3.8, 4) is 11.5 Å². The molecule has 0 spiro atoms. The van der Waals surface area contributed by atoms with Crippen LogP contribution in [0.5, 0.6) is 11.5 Å². The summed E-state index contributed by atoms with van der Waals surface area (Å²) < 4.78 is 10.5. The zero-order chi connectivity index (χ0) is 17.5. The molecular weight excluding hydrogens is 304 g/mol. The third-order valence-corrected chi connectivity index (χ3v) is 3.71. The third-order valence-electron chi connectivity index (χ3n) is 3.71. The molecule has 2 N–H and O–H groups in total. The minimum absolute atomic E-state index is 0.128. The summed E-state index contributed by atoms with van der Waals surface area (Å²) in [4.78, 5) is 12.1. The fraction of sp³-hybridized carbons (Fsp3) is 0.316. The summed E-state index contributed by atoms with van der Waals surface area (Å²) >= 11 is 0. The van der Waals surface area contributed by atoms with Gasteiger partial charge in [0.25, 0.3) is 0 Å². The predicted molar refractivity (Wildman–Crippen MR) is 97.2 cm³/mol. The van der Waals surface area contributed by atoms with Crippen LogP contribution in [-0.2, 0) is 4.79 Å². The molecule has 0 aromatic heterocycles. The minimum Gasteiger partial charge on any atom is -0.497 e. The number of methoxy groups -OCH3 is 2. The highest BCUT2D eigenvalue weighted by atomic mass is 16.5. The largest absolute Gasteiger partial charge is 0.497 e. The Morgan fingerprint density at radius 3 is 2.33 bits per heavy atom. The highest BCUT2D eigenvalue weighted by molar-refractivity contribution is 5.94. The molecule has 0 bridgehead atoms. The second-order valence-corrected chi connectivity index (χ2v) is 5.74. The monoisotopic (exact) mass is 328 g/mol. The third kappa shape index (κ3) is 4.65. The van der Waals surface area contributed by atoms with E-state index in [1.807, 2.05) is 24.3 Å². The van der Waals surface area contributed by atoms with E-state index in [4.69, 9.17) is 9.47 Å². The van der Waals surface area contributed by atoms with Gasteiger partial charge >= 0.3 is 0 Å². The molecule has 0 radical (unpaired) electrons. The minimum atomic E-state index is -0.128. The van der Waals surface area contributed by atoms with Gasteiger partial charge in [0.1, 0.15) is 11.5 Å². The number of benzene rings is 2. The molecule has 0 unspecified atom stereocenters. The first-order valence-corrected chi connectivity index (χ1v) is 7.89. The molecule has 0 fully saturated rings. The Kier molecular flexibility index (Phi) is 6.07. The van der Waals surface area contributed by atoms with Crippen LogP contribution in [0.3, 0.4) is 0 Å². The quantitative estimate of drug-likeness (QED) is 0.810. The molecule has 0 aliphatic carbocycles. The van der Waals surface area contributed by atoms with Crippen LogP contribution in [0.4, 0.5) is 11.4 Å². The van der Waals surface area contributed by atoms with Crippen LogP contribution in [0, 0.1) is 0 Å². The van der Waals surface area contributed by atoms with Crippen molar-refractivity contribution in [2.75, 3.05) is 31.4 Å². The van der Waals surface area contributed by atoms with E-state index in [9.17, 15) is 4.79 Å². The van der Waals surface area contributed by atoms with Crippen LogP contribution >= 0.6 is 0 Å². The zero-order valence-corrected chi connectivity index (χ0v) is 14.6. The van der Waals surface area contributed by atoms with Gasteiger partial charge in [0, 0.05) is 11.8 Å². The summed E-state index contributed by atoms with van der Waals surface area (Å²) in [5.41, 5.74) is 2.73. The molecule has 24 heavy (non-hydrogen) atoms. The summed E-state index contributed by atoms with van der Waals surface area (Å²) in [6, 6.07) is 13.3. The van der Waals surface area contributed by atoms with Crippen LogP contribution in [0.15, 0.2) is 42.5 Å². The van der Waals surface area contributed by atoms with Crippen molar-refractivity contribution in [1.29, 1.82) is 0 Å². The summed E-state index contributed by atoms with van der Waals surface area (Å²) in [5.74, 6) is 1.70. The van der Waals surface area contributed by atoms with Gasteiger partial charge in [-0.05, 0) is 35.7 Å². The van der Waals surface area contributed by atoms with Gasteiger partial charge in [0.15, 0.2) is 0 Å². The van der Waals surface area contributed by atoms with Gasteiger partial charge in [0.05, 0.1) is 26.5 Å². The van der Waals surface area contributed by atoms with Crippen LogP contribution < -0.4 is 20.1 Å². The maximum Gasteiger partial charge on any atom is 0.243 e. The van der Waals surface area contributed by atoms with E-state index in [2.05, 4.69) is 24.5 Å². The zero-order valence-electron chi connectivity index (χ0n) is 14.6. The molecule has 0 heterocycles. The maximum absolute atomic E-state index is 12.1. The predicted octanol–water partition coefficient (Wildman–Crippen LogP) is 3.88. The topological polar surface area (TPSA) is 59.6 Å². The number of hydrogen-bond donors (Lipinski definition) is 2. The molecule has 0 aliphatic rings. The van der Waals surface area contributed by atoms with Crippen molar-refractivity contribution in [3.63, 3.8) is 0 Å². The number of amides is 1. The molecule has 2 aromatic rings. The average Bonchev–Trinajstić information content (AvgIpc) is 2.60. The lowest BCUT2D eigenvalue weighted by molar-refractivity contribution is -0.114. The Labute approximate surface area is 143 Å². The first kappa shape index (κ1) is 17.7. The fourth-order valence-electron chi connectivity index (χ4n) is 2.28. The van der Waals surface area contributed by atoms with E-state index >= 15 is 0 Å². The summed E-state index contributed by atoms with van der Waals surface area (Å²) in [6.45, 7) is 4.41. The van der Waals surface area contributed by atoms with Gasteiger partial charge in [-0.1, -0.05) is 26.0 Å². The Morgan fingerprint density at radius 1 is 1.04 bits per heavy atom. The van der Waals surface area contributed by atoms with E-state index in [1.165, 1.54) is 5.56 Å². The molecule has 0 atom stereocenters. The first-order chi connectivity index (χ1) is 11.5. The molecule has 5 nitrogen and oxygen atoms in total. The van der Waals surface area contributed by atoms with Crippen LogP contribution in [0.1, 0.15) is 25.3 Å².